The highest BCUT2D eigenvalue weighted by atomic mass is 32.2. The first-order valence-electron chi connectivity index (χ1n) is 11.5. The van der Waals surface area contributed by atoms with Crippen LogP contribution in [0, 0.1) is 6.92 Å². The van der Waals surface area contributed by atoms with Crippen molar-refractivity contribution >= 4 is 33.2 Å². The van der Waals surface area contributed by atoms with Gasteiger partial charge in [-0.25, -0.2) is 8.42 Å². The van der Waals surface area contributed by atoms with Crippen molar-refractivity contribution in [2.75, 3.05) is 22.4 Å². The number of aryl methyl sites for hydroxylation is 1. The quantitative estimate of drug-likeness (QED) is 0.444. The van der Waals surface area contributed by atoms with Crippen LogP contribution >= 0.6 is 0 Å². The Labute approximate surface area is 207 Å². The van der Waals surface area contributed by atoms with Crippen molar-refractivity contribution in [3.8, 4) is 0 Å². The summed E-state index contributed by atoms with van der Waals surface area (Å²) >= 11 is 0. The van der Waals surface area contributed by atoms with Crippen molar-refractivity contribution in [2.24, 2.45) is 0 Å². The van der Waals surface area contributed by atoms with E-state index in [0.717, 1.165) is 21.7 Å². The van der Waals surface area contributed by atoms with E-state index in [4.69, 9.17) is 0 Å². The maximum Gasteiger partial charge on any atom is 0.253 e. The lowest BCUT2D eigenvalue weighted by Crippen LogP contribution is -2.47. The number of carbonyl (C=O) groups excluding carboxylic acids is 2. The predicted molar refractivity (Wildman–Crippen MR) is 140 cm³/mol. The molecule has 2 N–H and O–H groups in total. The Bertz CT molecular complexity index is 1260. The minimum Gasteiger partial charge on any atom is -0.352 e. The molecule has 3 aromatic rings. The highest BCUT2D eigenvalue weighted by Gasteiger charge is 2.32. The summed E-state index contributed by atoms with van der Waals surface area (Å²) in [5, 5.41) is 5.66. The molecule has 0 fully saturated rings. The zero-order valence-corrected chi connectivity index (χ0v) is 21.0. The number of sulfonamides is 1. The van der Waals surface area contributed by atoms with Crippen LogP contribution in [-0.2, 0) is 21.2 Å². The van der Waals surface area contributed by atoms with Gasteiger partial charge in [0, 0.05) is 6.54 Å². The largest absolute Gasteiger partial charge is 0.352 e. The first-order valence-corrected chi connectivity index (χ1v) is 13.3. The molecule has 0 aliphatic rings. The van der Waals surface area contributed by atoms with Gasteiger partial charge in [0.1, 0.15) is 6.04 Å². The number of para-hydroxylation sites is 1. The Balaban J connectivity index is 1.77. The molecule has 0 saturated heterocycles. The lowest BCUT2D eigenvalue weighted by Gasteiger charge is -2.30. The van der Waals surface area contributed by atoms with Crippen molar-refractivity contribution in [3.63, 3.8) is 0 Å². The van der Waals surface area contributed by atoms with Crippen LogP contribution in [0.2, 0.25) is 0 Å². The average molecular weight is 494 g/mol. The van der Waals surface area contributed by atoms with Gasteiger partial charge in [-0.1, -0.05) is 67.1 Å². The predicted octanol–water partition coefficient (Wildman–Crippen LogP) is 4.15. The lowest BCUT2D eigenvalue weighted by molar-refractivity contribution is -0.117. The van der Waals surface area contributed by atoms with Crippen molar-refractivity contribution in [1.29, 1.82) is 0 Å². The summed E-state index contributed by atoms with van der Waals surface area (Å²) in [6.07, 6.45) is 2.01. The van der Waals surface area contributed by atoms with E-state index >= 15 is 0 Å². The number of nitrogens with zero attached hydrogens (tertiary/aromatic N) is 1. The molecule has 0 heterocycles. The molecule has 0 spiro atoms. The fourth-order valence-corrected chi connectivity index (χ4v) is 5.03. The van der Waals surface area contributed by atoms with E-state index in [1.54, 1.807) is 55.5 Å². The van der Waals surface area contributed by atoms with Crippen LogP contribution in [0.25, 0.3) is 0 Å². The summed E-state index contributed by atoms with van der Waals surface area (Å²) in [6, 6.07) is 22.5. The maximum atomic E-state index is 13.3. The van der Waals surface area contributed by atoms with Crippen molar-refractivity contribution in [1.82, 2.24) is 5.32 Å². The molecule has 0 aliphatic carbocycles. The number of amides is 2. The first kappa shape index (κ1) is 26.0. The molecular weight excluding hydrogens is 462 g/mol. The second kappa shape index (κ2) is 11.7. The van der Waals surface area contributed by atoms with Crippen LogP contribution in [0.5, 0.6) is 0 Å². The molecule has 7 nitrogen and oxygen atoms in total. The molecule has 2 amide bonds. The zero-order valence-electron chi connectivity index (χ0n) is 20.2. The number of rotatable bonds is 10. The summed E-state index contributed by atoms with van der Waals surface area (Å²) in [6.45, 7) is 4.09. The summed E-state index contributed by atoms with van der Waals surface area (Å²) in [5.41, 5.74) is 3.13. The molecular formula is C27H31N3O4S. The highest BCUT2D eigenvalue weighted by Crippen LogP contribution is 2.24. The average Bonchev–Trinajstić information content (AvgIpc) is 2.83. The van der Waals surface area contributed by atoms with Crippen LogP contribution in [0.15, 0.2) is 78.9 Å². The summed E-state index contributed by atoms with van der Waals surface area (Å²) in [7, 11) is -3.75. The number of nitrogens with one attached hydrogen (secondary N) is 2. The molecule has 0 aliphatic heterocycles. The van der Waals surface area contributed by atoms with E-state index < -0.39 is 22.0 Å². The van der Waals surface area contributed by atoms with E-state index in [2.05, 4.69) is 10.6 Å². The topological polar surface area (TPSA) is 95.6 Å². The zero-order chi connectivity index (χ0) is 25.4. The number of benzene rings is 3. The third-order valence-corrected chi connectivity index (χ3v) is 6.77. The van der Waals surface area contributed by atoms with E-state index in [1.807, 2.05) is 37.3 Å². The van der Waals surface area contributed by atoms with Gasteiger partial charge in [-0.15, -0.1) is 0 Å². The van der Waals surface area contributed by atoms with Gasteiger partial charge in [0.15, 0.2) is 0 Å². The van der Waals surface area contributed by atoms with Crippen LogP contribution in [-0.4, -0.2) is 39.1 Å². The minimum atomic E-state index is -3.75. The number of hydrogen-bond acceptors (Lipinski definition) is 4. The Morgan fingerprint density at radius 3 is 2.17 bits per heavy atom. The molecule has 0 bridgehead atoms. The van der Waals surface area contributed by atoms with Crippen molar-refractivity contribution < 1.29 is 18.0 Å². The monoisotopic (exact) mass is 493 g/mol. The lowest BCUT2D eigenvalue weighted by atomic mass is 10.1. The Morgan fingerprint density at radius 2 is 1.54 bits per heavy atom. The fourth-order valence-electron chi connectivity index (χ4n) is 3.82. The fraction of sp³-hybridized carbons (Fsp3) is 0.259. The maximum absolute atomic E-state index is 13.3. The second-order valence-electron chi connectivity index (χ2n) is 8.34. The van der Waals surface area contributed by atoms with Gasteiger partial charge in [0.2, 0.25) is 15.9 Å². The van der Waals surface area contributed by atoms with Gasteiger partial charge in [-0.05, 0) is 49.6 Å². The molecule has 3 aromatic carbocycles. The molecule has 0 saturated carbocycles. The Hall–Kier alpha value is -3.65. The Morgan fingerprint density at radius 1 is 0.914 bits per heavy atom. The molecule has 0 aromatic heterocycles. The first-order chi connectivity index (χ1) is 16.7. The second-order valence-corrected chi connectivity index (χ2v) is 10.2. The molecule has 184 valence electrons. The van der Waals surface area contributed by atoms with E-state index in [-0.39, 0.29) is 12.3 Å². The Kier molecular flexibility index (Phi) is 8.65. The molecule has 35 heavy (non-hydrogen) atoms. The normalized spacial score (nSPS) is 12.0. The number of carbonyl (C=O) groups is 2. The molecule has 0 unspecified atom stereocenters. The highest BCUT2D eigenvalue weighted by molar-refractivity contribution is 7.92. The van der Waals surface area contributed by atoms with Gasteiger partial charge < -0.3 is 10.6 Å². The summed E-state index contributed by atoms with van der Waals surface area (Å²) in [5.74, 6) is -0.827. The SMILES string of the molecule is CC[C@H](C(=O)Nc1ccccc1C(=O)NCCc1ccccc1)N(c1ccc(C)cc1)S(C)(=O)=O. The van der Waals surface area contributed by atoms with Crippen LogP contribution in [0.4, 0.5) is 11.4 Å². The van der Waals surface area contributed by atoms with Crippen LogP contribution < -0.4 is 14.9 Å². The van der Waals surface area contributed by atoms with Crippen molar-refractivity contribution in [2.45, 2.75) is 32.7 Å². The third kappa shape index (κ3) is 6.93. The van der Waals surface area contributed by atoms with Gasteiger partial charge in [-0.3, -0.25) is 13.9 Å². The summed E-state index contributed by atoms with van der Waals surface area (Å²) < 4.78 is 26.5. The van der Waals surface area contributed by atoms with Gasteiger partial charge in [-0.2, -0.15) is 0 Å². The molecule has 3 rings (SSSR count). The van der Waals surface area contributed by atoms with E-state index in [9.17, 15) is 18.0 Å². The smallest absolute Gasteiger partial charge is 0.253 e. The molecule has 8 heteroatoms. The third-order valence-electron chi connectivity index (χ3n) is 5.59. The van der Waals surface area contributed by atoms with Crippen molar-refractivity contribution in [3.05, 3.63) is 95.6 Å². The van der Waals surface area contributed by atoms with E-state index in [1.165, 1.54) is 0 Å². The van der Waals surface area contributed by atoms with Crippen LogP contribution in [0.3, 0.4) is 0 Å². The van der Waals surface area contributed by atoms with Gasteiger partial charge in [0.25, 0.3) is 5.91 Å². The molecule has 0 radical (unpaired) electrons. The standard InChI is InChI=1S/C27H31N3O4S/c1-4-25(30(35(3,33)34)22-16-14-20(2)15-17-22)27(32)29-24-13-9-8-12-23(24)26(31)28-19-18-21-10-6-5-7-11-21/h5-17,25H,4,18-19H2,1-3H3,(H,28,31)(H,29,32)/t25-/m1/s1. The van der Waals surface area contributed by atoms with Gasteiger partial charge in [0.05, 0.1) is 23.2 Å². The number of hydrogen-bond donors (Lipinski definition) is 2. The molecule has 1 atom stereocenters. The number of anilines is 2. The summed E-state index contributed by atoms with van der Waals surface area (Å²) in [4.78, 5) is 26.2. The minimum absolute atomic E-state index is 0.248. The van der Waals surface area contributed by atoms with E-state index in [0.29, 0.717) is 29.9 Å². The van der Waals surface area contributed by atoms with Crippen LogP contribution in [0.1, 0.15) is 34.8 Å². The van der Waals surface area contributed by atoms with Gasteiger partial charge >= 0.3 is 0 Å².